The van der Waals surface area contributed by atoms with Crippen LogP contribution in [0.15, 0.2) is 54.6 Å². The second-order valence-electron chi connectivity index (χ2n) is 5.32. The molecule has 0 atom stereocenters. The molecule has 0 fully saturated rings. The van der Waals surface area contributed by atoms with Gasteiger partial charge in [-0.3, -0.25) is 15.4 Å². The minimum atomic E-state index is -1.23. The summed E-state index contributed by atoms with van der Waals surface area (Å²) in [6, 6.07) is 11.2. The van der Waals surface area contributed by atoms with Gasteiger partial charge in [-0.15, -0.1) is 10.2 Å². The molecule has 3 aromatic rings. The molecule has 2 N–H and O–H groups in total. The molecule has 1 heterocycles. The number of halogens is 3. The Morgan fingerprint density at radius 1 is 0.929 bits per heavy atom. The Labute approximate surface area is 162 Å². The maximum absolute atomic E-state index is 13.5. The van der Waals surface area contributed by atoms with E-state index in [-0.39, 0.29) is 11.7 Å². The van der Waals surface area contributed by atoms with Gasteiger partial charge >= 0.3 is 6.03 Å². The van der Waals surface area contributed by atoms with E-state index in [4.69, 9.17) is 16.3 Å². The summed E-state index contributed by atoms with van der Waals surface area (Å²) in [6.45, 7) is 0. The number of nitrogens with zero attached hydrogens (tertiary/aromatic N) is 2. The number of hydrogen-bond donors (Lipinski definition) is 2. The second-order valence-corrected chi connectivity index (χ2v) is 5.75. The largest absolute Gasteiger partial charge is 0.438 e. The molecular formula is C18H11ClF2N4O3. The molecule has 0 aliphatic carbocycles. The number of rotatable bonds is 4. The van der Waals surface area contributed by atoms with E-state index in [2.05, 4.69) is 15.5 Å². The molecule has 0 aliphatic heterocycles. The first-order valence-electron chi connectivity index (χ1n) is 7.76. The summed E-state index contributed by atoms with van der Waals surface area (Å²) in [5.41, 5.74) is -0.865. The van der Waals surface area contributed by atoms with Crippen molar-refractivity contribution in [3.8, 4) is 11.6 Å². The van der Waals surface area contributed by atoms with Crippen LogP contribution in [-0.4, -0.2) is 22.1 Å². The summed E-state index contributed by atoms with van der Waals surface area (Å²) >= 11 is 5.78. The number of anilines is 1. The van der Waals surface area contributed by atoms with Crippen LogP contribution in [0.4, 0.5) is 19.4 Å². The summed E-state index contributed by atoms with van der Waals surface area (Å²) in [7, 11) is 0. The smallest absolute Gasteiger partial charge is 0.327 e. The van der Waals surface area contributed by atoms with Gasteiger partial charge < -0.3 is 4.74 Å². The Morgan fingerprint density at radius 3 is 2.21 bits per heavy atom. The lowest BCUT2D eigenvalue weighted by Crippen LogP contribution is -2.35. The van der Waals surface area contributed by atoms with Crippen molar-refractivity contribution in [1.82, 2.24) is 15.5 Å². The average molecular weight is 405 g/mol. The third-order valence-corrected chi connectivity index (χ3v) is 3.59. The van der Waals surface area contributed by atoms with E-state index < -0.39 is 29.1 Å². The minimum Gasteiger partial charge on any atom is -0.438 e. The van der Waals surface area contributed by atoms with Crippen molar-refractivity contribution >= 4 is 29.4 Å². The predicted octanol–water partition coefficient (Wildman–Crippen LogP) is 4.16. The van der Waals surface area contributed by atoms with Crippen LogP contribution in [0.25, 0.3) is 0 Å². The topological polar surface area (TPSA) is 93.2 Å². The molecule has 0 bridgehead atoms. The molecule has 3 rings (SSSR count). The van der Waals surface area contributed by atoms with Crippen molar-refractivity contribution < 1.29 is 23.1 Å². The van der Waals surface area contributed by atoms with Gasteiger partial charge in [0, 0.05) is 11.1 Å². The number of carbonyl (C=O) groups is 2. The molecule has 10 heteroatoms. The lowest BCUT2D eigenvalue weighted by Gasteiger charge is -2.08. The predicted molar refractivity (Wildman–Crippen MR) is 96.4 cm³/mol. The van der Waals surface area contributed by atoms with Crippen molar-refractivity contribution in [2.75, 3.05) is 5.32 Å². The Morgan fingerprint density at radius 2 is 1.61 bits per heavy atom. The number of ether oxygens (including phenoxy) is 1. The third-order valence-electron chi connectivity index (χ3n) is 3.33. The molecule has 0 saturated carbocycles. The number of amides is 3. The summed E-state index contributed by atoms with van der Waals surface area (Å²) in [5.74, 6) is -2.79. The monoisotopic (exact) mass is 404 g/mol. The number of nitrogens with one attached hydrogen (secondary N) is 2. The zero-order valence-electron chi connectivity index (χ0n) is 13.9. The van der Waals surface area contributed by atoms with E-state index >= 15 is 0 Å². The van der Waals surface area contributed by atoms with Crippen LogP contribution in [0.1, 0.15) is 10.4 Å². The normalized spacial score (nSPS) is 10.2. The highest BCUT2D eigenvalue weighted by Crippen LogP contribution is 2.21. The van der Waals surface area contributed by atoms with Crippen molar-refractivity contribution in [2.45, 2.75) is 0 Å². The Hall–Kier alpha value is -3.59. The van der Waals surface area contributed by atoms with Crippen LogP contribution in [0.5, 0.6) is 11.6 Å². The zero-order valence-corrected chi connectivity index (χ0v) is 14.7. The first-order chi connectivity index (χ1) is 13.4. The fourth-order valence-corrected chi connectivity index (χ4v) is 2.22. The summed E-state index contributed by atoms with van der Waals surface area (Å²) in [4.78, 5) is 23.7. The summed E-state index contributed by atoms with van der Waals surface area (Å²) < 4.78 is 32.5. The van der Waals surface area contributed by atoms with E-state index in [1.54, 1.807) is 29.6 Å². The molecule has 0 radical (unpaired) electrons. The van der Waals surface area contributed by atoms with Gasteiger partial charge in [0.05, 0.1) is 0 Å². The van der Waals surface area contributed by atoms with Crippen LogP contribution in [0, 0.1) is 11.6 Å². The number of benzene rings is 2. The number of carbonyl (C=O) groups excluding carboxylic acids is 2. The van der Waals surface area contributed by atoms with Crippen LogP contribution >= 0.6 is 11.6 Å². The van der Waals surface area contributed by atoms with Crippen LogP contribution < -0.4 is 15.4 Å². The van der Waals surface area contributed by atoms with Gasteiger partial charge in [0.15, 0.2) is 5.82 Å². The van der Waals surface area contributed by atoms with Gasteiger partial charge in [-0.2, -0.15) is 0 Å². The van der Waals surface area contributed by atoms with E-state index in [9.17, 15) is 18.4 Å². The number of hydrogen-bond acceptors (Lipinski definition) is 5. The van der Waals surface area contributed by atoms with Crippen molar-refractivity contribution in [2.24, 2.45) is 0 Å². The van der Waals surface area contributed by atoms with Gasteiger partial charge in [-0.05, 0) is 42.5 Å². The third kappa shape index (κ3) is 4.77. The van der Waals surface area contributed by atoms with Gasteiger partial charge in [-0.1, -0.05) is 17.7 Å². The quantitative estimate of drug-likeness (QED) is 0.681. The number of urea groups is 1. The van der Waals surface area contributed by atoms with Crippen LogP contribution in [0.3, 0.4) is 0 Å². The second kappa shape index (κ2) is 8.40. The van der Waals surface area contributed by atoms with Crippen LogP contribution in [-0.2, 0) is 0 Å². The maximum Gasteiger partial charge on any atom is 0.327 e. The minimum absolute atomic E-state index is 0.0113. The fraction of sp³-hybridized carbons (Fsp3) is 0. The Balaban J connectivity index is 1.60. The molecule has 142 valence electrons. The van der Waals surface area contributed by atoms with Crippen molar-refractivity contribution in [3.05, 3.63) is 76.8 Å². The lowest BCUT2D eigenvalue weighted by atomic mass is 10.2. The molecule has 0 spiro atoms. The average Bonchev–Trinajstić information content (AvgIpc) is 2.65. The summed E-state index contributed by atoms with van der Waals surface area (Å²) in [5, 5.41) is 12.1. The fourth-order valence-electron chi connectivity index (χ4n) is 2.09. The molecule has 0 unspecified atom stereocenters. The van der Waals surface area contributed by atoms with Gasteiger partial charge in [0.1, 0.15) is 22.9 Å². The molecule has 0 saturated heterocycles. The molecule has 28 heavy (non-hydrogen) atoms. The summed E-state index contributed by atoms with van der Waals surface area (Å²) in [6.07, 6.45) is 0. The number of imide groups is 1. The maximum atomic E-state index is 13.5. The standard InChI is InChI=1S/C18H11ClF2N4O3/c19-10-4-6-11(7-5-10)28-15-9-8-14(24-25-15)22-18(27)23-17(26)16-12(20)2-1-3-13(16)21/h1-9H,(H2,22,23,24,26,27). The van der Waals surface area contributed by atoms with Gasteiger partial charge in [0.25, 0.3) is 5.91 Å². The van der Waals surface area contributed by atoms with E-state index in [1.807, 2.05) is 0 Å². The first-order valence-corrected chi connectivity index (χ1v) is 8.13. The molecule has 3 amide bonds. The molecule has 0 aliphatic rings. The Bertz CT molecular complexity index is 994. The van der Waals surface area contributed by atoms with E-state index in [0.29, 0.717) is 10.8 Å². The SMILES string of the molecule is O=C(NC(=O)c1c(F)cccc1F)Nc1ccc(Oc2ccc(Cl)cc2)nn1. The molecule has 7 nitrogen and oxygen atoms in total. The molecule has 2 aromatic carbocycles. The van der Waals surface area contributed by atoms with Gasteiger partial charge in [-0.25, -0.2) is 13.6 Å². The lowest BCUT2D eigenvalue weighted by molar-refractivity contribution is 0.0959. The van der Waals surface area contributed by atoms with E-state index in [1.165, 1.54) is 12.1 Å². The Kier molecular flexibility index (Phi) is 5.75. The highest BCUT2D eigenvalue weighted by Gasteiger charge is 2.19. The molecule has 1 aromatic heterocycles. The highest BCUT2D eigenvalue weighted by atomic mass is 35.5. The first kappa shape index (κ1) is 19.2. The highest BCUT2D eigenvalue weighted by molar-refractivity contribution is 6.30. The van der Waals surface area contributed by atoms with E-state index in [0.717, 1.165) is 18.2 Å². The zero-order chi connectivity index (χ0) is 20.1. The number of aromatic nitrogens is 2. The molecular weight excluding hydrogens is 394 g/mol. The van der Waals surface area contributed by atoms with Crippen LogP contribution in [0.2, 0.25) is 5.02 Å². The van der Waals surface area contributed by atoms with Crippen molar-refractivity contribution in [1.29, 1.82) is 0 Å². The van der Waals surface area contributed by atoms with Crippen molar-refractivity contribution in [3.63, 3.8) is 0 Å². The van der Waals surface area contributed by atoms with Gasteiger partial charge in [0.2, 0.25) is 5.88 Å².